The average molecular weight is 580 g/mol. The van der Waals surface area contributed by atoms with Crippen molar-refractivity contribution in [2.75, 3.05) is 13.1 Å². The highest BCUT2D eigenvalue weighted by Crippen LogP contribution is 2.38. The number of carboxylic acid groups (broad SMARTS) is 2. The summed E-state index contributed by atoms with van der Waals surface area (Å²) in [5.41, 5.74) is 3.41. The quantitative estimate of drug-likeness (QED) is 0.166. The number of likely N-dealkylation sites (tertiary alicyclic amines) is 1. The topological polar surface area (TPSA) is 134 Å². The van der Waals surface area contributed by atoms with Crippen LogP contribution in [0.25, 0.3) is 11.1 Å². The monoisotopic (exact) mass is 579 g/mol. The highest BCUT2D eigenvalue weighted by molar-refractivity contribution is 5.97. The van der Waals surface area contributed by atoms with Gasteiger partial charge in [0.05, 0.1) is 18.8 Å². The van der Waals surface area contributed by atoms with Gasteiger partial charge in [0.15, 0.2) is 0 Å². The van der Waals surface area contributed by atoms with Gasteiger partial charge in [0.2, 0.25) is 0 Å². The fourth-order valence-corrected chi connectivity index (χ4v) is 6.09. The Hall–Kier alpha value is -3.53. The summed E-state index contributed by atoms with van der Waals surface area (Å²) in [5.74, 6) is -4.14. The zero-order valence-electron chi connectivity index (χ0n) is 23.8. The molecular weight excluding hydrogens is 538 g/mol. The minimum atomic E-state index is -2.19. The van der Waals surface area contributed by atoms with E-state index in [1.807, 2.05) is 30.4 Å². The molecular formula is C33H41NO8. The molecule has 0 amide bonds. The molecule has 4 atom stereocenters. The Bertz CT molecular complexity index is 1180. The van der Waals surface area contributed by atoms with Gasteiger partial charge in [0, 0.05) is 24.8 Å². The predicted octanol–water partition coefficient (Wildman–Crippen LogP) is 4.67. The lowest BCUT2D eigenvalue weighted by atomic mass is 9.92. The van der Waals surface area contributed by atoms with Gasteiger partial charge < -0.3 is 24.8 Å². The minimum absolute atomic E-state index is 0.0445. The minimum Gasteiger partial charge on any atom is -0.478 e. The Labute approximate surface area is 246 Å². The molecule has 1 aliphatic carbocycles. The number of ether oxygens (including phenoxy) is 2. The van der Waals surface area contributed by atoms with Gasteiger partial charge in [-0.15, -0.1) is 0 Å². The molecule has 2 aliphatic rings. The van der Waals surface area contributed by atoms with Gasteiger partial charge in [-0.1, -0.05) is 73.2 Å². The fourth-order valence-electron chi connectivity index (χ4n) is 6.09. The summed E-state index contributed by atoms with van der Waals surface area (Å²) in [6.45, 7) is 2.44. The Balaban J connectivity index is 1.31. The summed E-state index contributed by atoms with van der Waals surface area (Å²) in [7, 11) is 0. The van der Waals surface area contributed by atoms with E-state index in [2.05, 4.69) is 46.0 Å². The number of carbonyl (C=O) groups is 3. The lowest BCUT2D eigenvalue weighted by molar-refractivity contribution is -0.174. The largest absolute Gasteiger partial charge is 0.478 e. The number of benzene rings is 2. The summed E-state index contributed by atoms with van der Waals surface area (Å²) in [6, 6.07) is 18.7. The number of aliphatic carboxylic acids is 2. The lowest BCUT2D eigenvalue weighted by Gasteiger charge is -2.38. The predicted molar refractivity (Wildman–Crippen MR) is 157 cm³/mol. The number of aliphatic hydroxyl groups is 1. The molecule has 3 N–H and O–H groups in total. The number of hydrogen-bond acceptors (Lipinski definition) is 7. The second-order valence-electron chi connectivity index (χ2n) is 11.1. The molecule has 0 radical (unpaired) electrons. The van der Waals surface area contributed by atoms with E-state index in [1.165, 1.54) is 12.0 Å². The van der Waals surface area contributed by atoms with Gasteiger partial charge in [0.1, 0.15) is 0 Å². The third-order valence-corrected chi connectivity index (χ3v) is 8.17. The Kier molecular flexibility index (Phi) is 11.7. The molecule has 9 heteroatoms. The van der Waals surface area contributed by atoms with Crippen LogP contribution in [0.4, 0.5) is 0 Å². The van der Waals surface area contributed by atoms with Gasteiger partial charge >= 0.3 is 17.9 Å². The first-order chi connectivity index (χ1) is 20.3. The first kappa shape index (κ1) is 31.4. The van der Waals surface area contributed by atoms with Crippen molar-refractivity contribution < 1.29 is 39.2 Å². The maximum atomic E-state index is 11.8. The number of nitrogens with zero attached hydrogens (tertiary/aromatic N) is 1. The van der Waals surface area contributed by atoms with E-state index in [0.29, 0.717) is 19.4 Å². The number of rotatable bonds is 14. The molecule has 0 bridgehead atoms. The van der Waals surface area contributed by atoms with Crippen LogP contribution in [0.15, 0.2) is 66.7 Å². The lowest BCUT2D eigenvalue weighted by Crippen LogP contribution is -2.47. The first-order valence-electron chi connectivity index (χ1n) is 14.8. The van der Waals surface area contributed by atoms with Crippen molar-refractivity contribution in [3.05, 3.63) is 72.3 Å². The van der Waals surface area contributed by atoms with Crippen LogP contribution >= 0.6 is 0 Å². The van der Waals surface area contributed by atoms with Gasteiger partial charge in [-0.25, -0.2) is 9.59 Å². The molecule has 2 aromatic carbocycles. The average Bonchev–Trinajstić information content (AvgIpc) is 3.31. The number of esters is 1. The van der Waals surface area contributed by atoms with Crippen LogP contribution in [0.3, 0.4) is 0 Å². The van der Waals surface area contributed by atoms with Gasteiger partial charge in [-0.2, -0.15) is 0 Å². The molecule has 0 spiro atoms. The van der Waals surface area contributed by atoms with E-state index < -0.39 is 30.1 Å². The van der Waals surface area contributed by atoms with Crippen molar-refractivity contribution in [2.24, 2.45) is 5.92 Å². The molecule has 1 aliphatic heterocycles. The van der Waals surface area contributed by atoms with Crippen molar-refractivity contribution in [3.8, 4) is 11.1 Å². The summed E-state index contributed by atoms with van der Waals surface area (Å²) in [6.07, 6.45) is 6.90. The summed E-state index contributed by atoms with van der Waals surface area (Å²) in [4.78, 5) is 36.1. The van der Waals surface area contributed by atoms with Crippen molar-refractivity contribution in [3.63, 3.8) is 0 Å². The number of hydrogen-bond donors (Lipinski definition) is 3. The van der Waals surface area contributed by atoms with Crippen molar-refractivity contribution in [2.45, 2.75) is 82.3 Å². The molecule has 4 rings (SSSR count). The molecule has 1 saturated heterocycles. The molecule has 1 heterocycles. The van der Waals surface area contributed by atoms with Crippen LogP contribution in [-0.2, 0) is 30.5 Å². The SMILES string of the molecule is O=C(CC/C=C/CCC1C(OCc2ccc(-c3ccccc3)cc2)CC(O)C1N1CCCCC1)OC(C(=O)O)C(=O)O. The molecule has 2 aromatic rings. The summed E-state index contributed by atoms with van der Waals surface area (Å²) in [5, 5.41) is 28.8. The molecule has 1 saturated carbocycles. The molecule has 0 aromatic heterocycles. The maximum Gasteiger partial charge on any atom is 0.356 e. The molecule has 9 nitrogen and oxygen atoms in total. The third kappa shape index (κ3) is 8.74. The second-order valence-corrected chi connectivity index (χ2v) is 11.1. The second kappa shape index (κ2) is 15.6. The number of piperidine rings is 1. The Morgan fingerprint density at radius 1 is 0.881 bits per heavy atom. The number of allylic oxidation sites excluding steroid dienone is 2. The van der Waals surface area contributed by atoms with Crippen LogP contribution in [0.5, 0.6) is 0 Å². The standard InChI is InChI=1S/C33H41NO8/c35-27-21-28(41-22-23-15-17-25(18-16-23)24-11-5-3-6-12-24)26(30(27)34-19-9-4-10-20-34)13-7-1-2-8-14-29(36)42-31(32(37)38)33(39)40/h1-3,5-6,11-12,15-18,26-28,30-31,35H,4,7-10,13-14,19-22H2,(H,37,38)(H,39,40)/b2-1+. The van der Waals surface area contributed by atoms with E-state index in [9.17, 15) is 19.5 Å². The normalized spacial score (nSPS) is 22.9. The van der Waals surface area contributed by atoms with E-state index in [-0.39, 0.29) is 24.5 Å². The third-order valence-electron chi connectivity index (χ3n) is 8.17. The Morgan fingerprint density at radius 3 is 2.19 bits per heavy atom. The Morgan fingerprint density at radius 2 is 1.52 bits per heavy atom. The van der Waals surface area contributed by atoms with Crippen LogP contribution in [-0.4, -0.2) is 75.6 Å². The van der Waals surface area contributed by atoms with E-state index in [4.69, 9.17) is 14.9 Å². The maximum absolute atomic E-state index is 11.8. The van der Waals surface area contributed by atoms with Crippen LogP contribution in [0.1, 0.15) is 56.9 Å². The molecule has 4 unspecified atom stereocenters. The first-order valence-corrected chi connectivity index (χ1v) is 14.8. The fraction of sp³-hybridized carbons (Fsp3) is 0.485. The van der Waals surface area contributed by atoms with E-state index in [0.717, 1.165) is 49.9 Å². The van der Waals surface area contributed by atoms with Crippen molar-refractivity contribution in [1.82, 2.24) is 4.90 Å². The smallest absolute Gasteiger partial charge is 0.356 e. The van der Waals surface area contributed by atoms with Crippen LogP contribution in [0.2, 0.25) is 0 Å². The number of carbonyl (C=O) groups excluding carboxylic acids is 1. The molecule has 42 heavy (non-hydrogen) atoms. The molecule has 2 fully saturated rings. The number of aliphatic hydroxyl groups excluding tert-OH is 1. The van der Waals surface area contributed by atoms with E-state index in [1.54, 1.807) is 0 Å². The zero-order valence-corrected chi connectivity index (χ0v) is 23.8. The van der Waals surface area contributed by atoms with Gasteiger partial charge in [-0.05, 0) is 61.9 Å². The van der Waals surface area contributed by atoms with E-state index >= 15 is 0 Å². The number of carboxylic acids is 2. The molecule has 226 valence electrons. The van der Waals surface area contributed by atoms with Crippen molar-refractivity contribution >= 4 is 17.9 Å². The van der Waals surface area contributed by atoms with Gasteiger partial charge in [-0.3, -0.25) is 9.69 Å². The zero-order chi connectivity index (χ0) is 29.9. The highest BCUT2D eigenvalue weighted by Gasteiger charge is 2.45. The summed E-state index contributed by atoms with van der Waals surface area (Å²) >= 11 is 0. The van der Waals surface area contributed by atoms with Crippen LogP contribution < -0.4 is 0 Å². The highest BCUT2D eigenvalue weighted by atomic mass is 16.6. The van der Waals surface area contributed by atoms with Gasteiger partial charge in [0.25, 0.3) is 6.10 Å². The van der Waals surface area contributed by atoms with Crippen molar-refractivity contribution in [1.29, 1.82) is 0 Å². The van der Waals surface area contributed by atoms with Crippen LogP contribution in [0, 0.1) is 5.92 Å². The summed E-state index contributed by atoms with van der Waals surface area (Å²) < 4.78 is 11.0.